The number of hydrogen-bond donors (Lipinski definition) is 1. The van der Waals surface area contributed by atoms with Crippen molar-refractivity contribution < 1.29 is 33.4 Å². The van der Waals surface area contributed by atoms with E-state index in [-0.39, 0.29) is 31.1 Å². The van der Waals surface area contributed by atoms with Gasteiger partial charge in [-0.05, 0) is 59.6 Å². The fourth-order valence-electron chi connectivity index (χ4n) is 3.24. The van der Waals surface area contributed by atoms with Gasteiger partial charge < -0.3 is 19.5 Å². The van der Waals surface area contributed by atoms with E-state index >= 15 is 0 Å². The molecule has 0 saturated heterocycles. The number of imide groups is 1. The third-order valence-corrected chi connectivity index (χ3v) is 5.48. The molecule has 11 heteroatoms. The van der Waals surface area contributed by atoms with Crippen LogP contribution in [0.4, 0.5) is 10.5 Å². The lowest BCUT2D eigenvalue weighted by Gasteiger charge is -2.15. The Morgan fingerprint density at radius 1 is 1.14 bits per heavy atom. The summed E-state index contributed by atoms with van der Waals surface area (Å²) in [4.78, 5) is 53.6. The number of carbonyl (C=O) groups is 4. The van der Waals surface area contributed by atoms with Crippen LogP contribution in [0.2, 0.25) is 0 Å². The highest BCUT2D eigenvalue weighted by Gasteiger charge is 2.34. The summed E-state index contributed by atoms with van der Waals surface area (Å²) in [5.41, 5.74) is 2.19. The zero-order chi connectivity index (χ0) is 25.5. The monoisotopic (exact) mass is 545 g/mol. The Morgan fingerprint density at radius 3 is 2.51 bits per heavy atom. The largest absolute Gasteiger partial charge is 0.493 e. The fourth-order valence-corrected chi connectivity index (χ4v) is 3.85. The van der Waals surface area contributed by atoms with Crippen LogP contribution in [-0.4, -0.2) is 61.3 Å². The van der Waals surface area contributed by atoms with Crippen LogP contribution in [-0.2, 0) is 25.5 Å². The summed E-state index contributed by atoms with van der Waals surface area (Å²) < 4.78 is 16.2. The van der Waals surface area contributed by atoms with E-state index in [1.165, 1.54) is 7.11 Å². The minimum Gasteiger partial charge on any atom is -0.493 e. The number of nitrogens with zero attached hydrogens (tertiary/aromatic N) is 2. The zero-order valence-electron chi connectivity index (χ0n) is 19.4. The summed E-state index contributed by atoms with van der Waals surface area (Å²) in [6.07, 6.45) is 0.0216. The molecule has 3 rings (SSSR count). The molecule has 1 N–H and O–H groups in total. The number of aryl methyl sites for hydroxylation is 1. The van der Waals surface area contributed by atoms with Gasteiger partial charge in [0.15, 0.2) is 18.1 Å². The molecule has 1 aliphatic heterocycles. The maximum atomic E-state index is 12.8. The highest BCUT2D eigenvalue weighted by molar-refractivity contribution is 9.10. The van der Waals surface area contributed by atoms with Crippen molar-refractivity contribution in [2.45, 2.75) is 20.3 Å². The van der Waals surface area contributed by atoms with Crippen LogP contribution in [0, 0.1) is 6.92 Å². The van der Waals surface area contributed by atoms with Gasteiger partial charge in [0.05, 0.1) is 18.2 Å². The van der Waals surface area contributed by atoms with Crippen molar-refractivity contribution in [3.63, 3.8) is 0 Å². The van der Waals surface area contributed by atoms with Gasteiger partial charge in [-0.3, -0.25) is 9.59 Å². The molecule has 2 aromatic rings. The second-order valence-electron chi connectivity index (χ2n) is 7.53. The number of methoxy groups -OCH3 is 1. The van der Waals surface area contributed by atoms with E-state index in [2.05, 4.69) is 26.2 Å². The highest BCUT2D eigenvalue weighted by Crippen LogP contribution is 2.37. The number of anilines is 1. The number of aliphatic imine (C=N–C) groups is 1. The molecule has 0 atom stereocenters. The molecule has 1 heterocycles. The van der Waals surface area contributed by atoms with E-state index in [0.29, 0.717) is 21.5 Å². The Hall–Kier alpha value is -3.73. The number of ether oxygens (including phenoxy) is 3. The third kappa shape index (κ3) is 6.66. The zero-order valence-corrected chi connectivity index (χ0v) is 21.0. The van der Waals surface area contributed by atoms with Crippen LogP contribution in [0.1, 0.15) is 18.1 Å². The number of nitrogens with one attached hydrogen (secondary N) is 1. The average molecular weight is 546 g/mol. The van der Waals surface area contributed by atoms with Gasteiger partial charge in [-0.15, -0.1) is 0 Å². The van der Waals surface area contributed by atoms with Crippen molar-refractivity contribution in [1.82, 2.24) is 4.90 Å². The number of carbonyl (C=O) groups excluding carboxylic acids is 4. The molecular formula is C24H24BrN3O7. The van der Waals surface area contributed by atoms with Gasteiger partial charge in [-0.1, -0.05) is 17.7 Å². The maximum Gasteiger partial charge on any atom is 0.351 e. The number of halogens is 1. The second-order valence-corrected chi connectivity index (χ2v) is 8.38. The molecule has 0 saturated carbocycles. The standard InChI is InChI=1S/C24H24BrN3O7/c1-4-34-21(30)13-35-22-17(25)9-15(11-19(22)33-3)10-18-23(31)28(24(32)27-18)12-20(29)26-16-7-5-14(2)6-8-16/h5-9,11H,4,10,12-13H2,1-3H3,(H,26,29). The number of urea groups is 1. The summed E-state index contributed by atoms with van der Waals surface area (Å²) in [5, 5.41) is 2.65. The molecule has 0 radical (unpaired) electrons. The molecule has 10 nitrogen and oxygen atoms in total. The van der Waals surface area contributed by atoms with E-state index in [9.17, 15) is 19.2 Å². The average Bonchev–Trinajstić information content (AvgIpc) is 3.07. The molecule has 1 aliphatic rings. The molecule has 35 heavy (non-hydrogen) atoms. The molecule has 0 fully saturated rings. The van der Waals surface area contributed by atoms with Crippen LogP contribution in [0.3, 0.4) is 0 Å². The van der Waals surface area contributed by atoms with Gasteiger partial charge in [0.1, 0.15) is 12.3 Å². The van der Waals surface area contributed by atoms with E-state index in [4.69, 9.17) is 14.2 Å². The quantitative estimate of drug-likeness (QED) is 0.454. The Morgan fingerprint density at radius 2 is 1.86 bits per heavy atom. The smallest absolute Gasteiger partial charge is 0.351 e. The Balaban J connectivity index is 1.66. The lowest BCUT2D eigenvalue weighted by molar-refractivity contribution is -0.145. The molecule has 0 unspecified atom stereocenters. The Labute approximate surface area is 210 Å². The van der Waals surface area contributed by atoms with Gasteiger partial charge in [0.25, 0.3) is 5.91 Å². The molecule has 0 aliphatic carbocycles. The van der Waals surface area contributed by atoms with Crippen LogP contribution in [0.5, 0.6) is 11.5 Å². The molecule has 0 aromatic heterocycles. The summed E-state index contributed by atoms with van der Waals surface area (Å²) in [7, 11) is 1.43. The van der Waals surface area contributed by atoms with Crippen LogP contribution in [0.15, 0.2) is 45.9 Å². The molecule has 184 valence electrons. The minimum absolute atomic E-state index is 0.00715. The topological polar surface area (TPSA) is 124 Å². The molecule has 0 spiro atoms. The van der Waals surface area contributed by atoms with Crippen molar-refractivity contribution in [1.29, 1.82) is 0 Å². The summed E-state index contributed by atoms with van der Waals surface area (Å²) in [6, 6.07) is 9.60. The summed E-state index contributed by atoms with van der Waals surface area (Å²) in [6.45, 7) is 3.09. The van der Waals surface area contributed by atoms with Crippen molar-refractivity contribution in [3.05, 3.63) is 52.0 Å². The highest BCUT2D eigenvalue weighted by atomic mass is 79.9. The van der Waals surface area contributed by atoms with Gasteiger partial charge in [0, 0.05) is 12.1 Å². The maximum absolute atomic E-state index is 12.8. The van der Waals surface area contributed by atoms with Crippen molar-refractivity contribution in [2.24, 2.45) is 4.99 Å². The van der Waals surface area contributed by atoms with Crippen molar-refractivity contribution >= 4 is 51.1 Å². The lowest BCUT2D eigenvalue weighted by Crippen LogP contribution is -2.39. The van der Waals surface area contributed by atoms with E-state index in [0.717, 1.165) is 10.5 Å². The van der Waals surface area contributed by atoms with Crippen molar-refractivity contribution in [2.75, 3.05) is 32.2 Å². The molecule has 2 aromatic carbocycles. The third-order valence-electron chi connectivity index (χ3n) is 4.89. The SMILES string of the molecule is CCOC(=O)COc1c(Br)cc(CC2=NC(=O)N(CC(=O)Nc3ccc(C)cc3)C2=O)cc1OC. The Bertz CT molecular complexity index is 1180. The number of benzene rings is 2. The van der Waals surface area contributed by atoms with Gasteiger partial charge in [-0.2, -0.15) is 4.99 Å². The fraction of sp³-hybridized carbons (Fsp3) is 0.292. The lowest BCUT2D eigenvalue weighted by atomic mass is 10.1. The normalized spacial score (nSPS) is 12.9. The van der Waals surface area contributed by atoms with E-state index in [1.54, 1.807) is 31.2 Å². The van der Waals surface area contributed by atoms with Crippen LogP contribution in [0.25, 0.3) is 0 Å². The van der Waals surface area contributed by atoms with Gasteiger partial charge in [-0.25, -0.2) is 14.5 Å². The first-order valence-corrected chi connectivity index (χ1v) is 11.5. The number of amides is 4. The second kappa shape index (κ2) is 11.6. The van der Waals surface area contributed by atoms with Gasteiger partial charge in [0.2, 0.25) is 5.91 Å². The van der Waals surface area contributed by atoms with Crippen molar-refractivity contribution in [3.8, 4) is 11.5 Å². The minimum atomic E-state index is -0.801. The van der Waals surface area contributed by atoms with E-state index < -0.39 is 30.4 Å². The molecular weight excluding hydrogens is 522 g/mol. The van der Waals surface area contributed by atoms with Crippen LogP contribution >= 0.6 is 15.9 Å². The first kappa shape index (κ1) is 25.9. The first-order chi connectivity index (χ1) is 16.7. The molecule has 0 bridgehead atoms. The predicted octanol–water partition coefficient (Wildman–Crippen LogP) is 3.29. The number of rotatable bonds is 10. The van der Waals surface area contributed by atoms with E-state index in [1.807, 2.05) is 19.1 Å². The van der Waals surface area contributed by atoms with Crippen LogP contribution < -0.4 is 14.8 Å². The summed E-state index contributed by atoms with van der Waals surface area (Å²) >= 11 is 3.37. The summed E-state index contributed by atoms with van der Waals surface area (Å²) in [5.74, 6) is -1.09. The first-order valence-electron chi connectivity index (χ1n) is 10.7. The number of hydrogen-bond acceptors (Lipinski definition) is 7. The number of esters is 1. The van der Waals surface area contributed by atoms with Gasteiger partial charge >= 0.3 is 12.0 Å². The Kier molecular flexibility index (Phi) is 8.58. The molecule has 4 amide bonds. The predicted molar refractivity (Wildman–Crippen MR) is 131 cm³/mol.